The molecule has 1 heterocycles. The lowest BCUT2D eigenvalue weighted by Gasteiger charge is -1.93. The number of nitrogens with zero attached hydrogens (tertiary/aromatic N) is 2. The van der Waals surface area contributed by atoms with E-state index in [4.69, 9.17) is 0 Å². The first kappa shape index (κ1) is 11.0. The van der Waals surface area contributed by atoms with Crippen LogP contribution >= 0.6 is 11.3 Å². The van der Waals surface area contributed by atoms with Crippen molar-refractivity contribution >= 4 is 21.6 Å². The van der Waals surface area contributed by atoms with Crippen LogP contribution in [-0.2, 0) is 6.42 Å². The van der Waals surface area contributed by atoms with Gasteiger partial charge in [-0.1, -0.05) is 12.1 Å². The summed E-state index contributed by atoms with van der Waals surface area (Å²) in [7, 11) is 0. The molecule has 0 unspecified atom stereocenters. The van der Waals surface area contributed by atoms with Gasteiger partial charge in [0.15, 0.2) is 0 Å². The summed E-state index contributed by atoms with van der Waals surface area (Å²) < 4.78 is 1.19. The molecule has 0 N–H and O–H groups in total. The molecule has 0 bridgehead atoms. The number of hydrogen-bond donors (Lipinski definition) is 0. The Kier molecular flexibility index (Phi) is 3.46. The fraction of sp³-hybridized carbons (Fsp3) is 0.364. The van der Waals surface area contributed by atoms with Crippen LogP contribution in [0.4, 0.5) is 0 Å². The zero-order chi connectivity index (χ0) is 11.4. The molecule has 0 radical (unpaired) electrons. The lowest BCUT2D eigenvalue weighted by Crippen LogP contribution is -2.00. The minimum Gasteiger partial charge on any atom is -0.265 e. The second-order valence-corrected chi connectivity index (χ2v) is 4.70. The number of fused-ring (bicyclic) bond motifs is 1. The van der Waals surface area contributed by atoms with Crippen LogP contribution in [0.25, 0.3) is 10.2 Å². The summed E-state index contributed by atoms with van der Waals surface area (Å²) in [5, 5.41) is 11.2. The summed E-state index contributed by atoms with van der Waals surface area (Å²) in [5.41, 5.74) is 1.02. The zero-order valence-corrected chi connectivity index (χ0v) is 9.57. The van der Waals surface area contributed by atoms with Crippen molar-refractivity contribution < 1.29 is 4.92 Å². The molecular weight excluding hydrogens is 224 g/mol. The molecule has 1 aromatic heterocycles. The number of rotatable bonds is 5. The van der Waals surface area contributed by atoms with Gasteiger partial charge in [0.25, 0.3) is 0 Å². The third-order valence-electron chi connectivity index (χ3n) is 2.32. The monoisotopic (exact) mass is 236 g/mol. The fourth-order valence-corrected chi connectivity index (χ4v) is 2.55. The van der Waals surface area contributed by atoms with Crippen molar-refractivity contribution in [3.63, 3.8) is 0 Å². The number of aromatic nitrogens is 1. The number of aryl methyl sites for hydroxylation is 1. The molecule has 0 aliphatic heterocycles. The van der Waals surface area contributed by atoms with E-state index in [2.05, 4.69) is 4.98 Å². The van der Waals surface area contributed by atoms with Crippen LogP contribution in [0.15, 0.2) is 24.3 Å². The van der Waals surface area contributed by atoms with Crippen molar-refractivity contribution in [1.82, 2.24) is 4.98 Å². The van der Waals surface area contributed by atoms with E-state index in [9.17, 15) is 10.1 Å². The average molecular weight is 236 g/mol. The van der Waals surface area contributed by atoms with Gasteiger partial charge in [-0.15, -0.1) is 11.3 Å². The second-order valence-electron chi connectivity index (χ2n) is 3.59. The number of hydrogen-bond acceptors (Lipinski definition) is 4. The van der Waals surface area contributed by atoms with E-state index < -0.39 is 0 Å². The zero-order valence-electron chi connectivity index (χ0n) is 8.76. The Bertz CT molecular complexity index is 462. The van der Waals surface area contributed by atoms with Crippen LogP contribution in [0.1, 0.15) is 17.8 Å². The summed E-state index contributed by atoms with van der Waals surface area (Å²) in [6.45, 7) is 0.0604. The molecule has 0 spiro atoms. The van der Waals surface area contributed by atoms with Gasteiger partial charge < -0.3 is 0 Å². The van der Waals surface area contributed by atoms with Gasteiger partial charge in [0.05, 0.1) is 15.2 Å². The Morgan fingerprint density at radius 1 is 1.31 bits per heavy atom. The molecule has 84 valence electrons. The Morgan fingerprint density at radius 2 is 2.12 bits per heavy atom. The van der Waals surface area contributed by atoms with E-state index in [1.807, 2.05) is 24.3 Å². The Hall–Kier alpha value is -1.49. The Morgan fingerprint density at radius 3 is 2.88 bits per heavy atom. The highest BCUT2D eigenvalue weighted by Gasteiger charge is 2.03. The van der Waals surface area contributed by atoms with Crippen molar-refractivity contribution in [3.8, 4) is 0 Å². The van der Waals surface area contributed by atoms with Crippen LogP contribution < -0.4 is 0 Å². The third-order valence-corrected chi connectivity index (χ3v) is 3.42. The average Bonchev–Trinajstić information content (AvgIpc) is 2.66. The molecule has 4 nitrogen and oxygen atoms in total. The van der Waals surface area contributed by atoms with E-state index >= 15 is 0 Å². The predicted octanol–water partition coefficient (Wildman–Crippen LogP) is 2.90. The standard InChI is InChI=1S/C11H12N2O2S/c14-13(15)8-4-3-7-11-12-9-5-1-2-6-10(9)16-11/h1-2,5-6H,3-4,7-8H2. The first-order valence-corrected chi connectivity index (χ1v) is 6.03. The molecule has 16 heavy (non-hydrogen) atoms. The molecule has 0 saturated carbocycles. The Labute approximate surface area is 97.1 Å². The molecule has 0 saturated heterocycles. The smallest absolute Gasteiger partial charge is 0.203 e. The van der Waals surface area contributed by atoms with Crippen molar-refractivity contribution in [2.75, 3.05) is 6.54 Å². The van der Waals surface area contributed by atoms with E-state index in [0.717, 1.165) is 23.4 Å². The van der Waals surface area contributed by atoms with Crippen LogP contribution in [0.3, 0.4) is 0 Å². The lowest BCUT2D eigenvalue weighted by atomic mass is 10.2. The highest BCUT2D eigenvalue weighted by Crippen LogP contribution is 2.22. The topological polar surface area (TPSA) is 56.0 Å². The van der Waals surface area contributed by atoms with Gasteiger partial charge in [-0.05, 0) is 25.0 Å². The molecule has 0 fully saturated rings. The molecule has 0 amide bonds. The number of para-hydroxylation sites is 1. The molecule has 5 heteroatoms. The summed E-state index contributed by atoms with van der Waals surface area (Å²) in [6.07, 6.45) is 2.30. The van der Waals surface area contributed by atoms with Crippen LogP contribution in [-0.4, -0.2) is 16.5 Å². The van der Waals surface area contributed by atoms with Gasteiger partial charge in [-0.25, -0.2) is 4.98 Å². The SMILES string of the molecule is O=[N+]([O-])CCCCc1nc2ccccc2s1. The number of unbranched alkanes of at least 4 members (excludes halogenated alkanes) is 1. The summed E-state index contributed by atoms with van der Waals surface area (Å²) in [6, 6.07) is 8.01. The molecule has 0 aliphatic carbocycles. The second kappa shape index (κ2) is 5.03. The Balaban J connectivity index is 1.92. The van der Waals surface area contributed by atoms with E-state index in [1.165, 1.54) is 4.70 Å². The summed E-state index contributed by atoms with van der Waals surface area (Å²) in [5.74, 6) is 0. The van der Waals surface area contributed by atoms with Crippen LogP contribution in [0.5, 0.6) is 0 Å². The van der Waals surface area contributed by atoms with Crippen LogP contribution in [0.2, 0.25) is 0 Å². The van der Waals surface area contributed by atoms with Gasteiger partial charge in [-0.2, -0.15) is 0 Å². The maximum absolute atomic E-state index is 10.1. The molecule has 1 aromatic carbocycles. The molecule has 0 atom stereocenters. The van der Waals surface area contributed by atoms with Crippen molar-refractivity contribution in [3.05, 3.63) is 39.4 Å². The van der Waals surface area contributed by atoms with E-state index in [1.54, 1.807) is 11.3 Å². The van der Waals surface area contributed by atoms with Crippen molar-refractivity contribution in [1.29, 1.82) is 0 Å². The minimum atomic E-state index is -0.266. The number of benzene rings is 1. The molecule has 0 aliphatic rings. The predicted molar refractivity (Wildman–Crippen MR) is 64.4 cm³/mol. The third kappa shape index (κ3) is 2.76. The highest BCUT2D eigenvalue weighted by atomic mass is 32.1. The highest BCUT2D eigenvalue weighted by molar-refractivity contribution is 7.18. The molecule has 2 rings (SSSR count). The maximum Gasteiger partial charge on any atom is 0.203 e. The van der Waals surface area contributed by atoms with Crippen LogP contribution in [0, 0.1) is 10.1 Å². The molecule has 2 aromatic rings. The maximum atomic E-state index is 10.1. The normalized spacial score (nSPS) is 10.8. The van der Waals surface area contributed by atoms with Gasteiger partial charge in [-0.3, -0.25) is 10.1 Å². The first-order valence-electron chi connectivity index (χ1n) is 5.22. The lowest BCUT2D eigenvalue weighted by molar-refractivity contribution is -0.480. The summed E-state index contributed by atoms with van der Waals surface area (Å²) in [4.78, 5) is 14.4. The van der Waals surface area contributed by atoms with Crippen molar-refractivity contribution in [2.24, 2.45) is 0 Å². The van der Waals surface area contributed by atoms with E-state index in [-0.39, 0.29) is 11.5 Å². The minimum absolute atomic E-state index is 0.0604. The van der Waals surface area contributed by atoms with Gasteiger partial charge in [0.1, 0.15) is 0 Å². The number of nitro groups is 1. The fourth-order valence-electron chi connectivity index (χ4n) is 1.54. The largest absolute Gasteiger partial charge is 0.265 e. The quantitative estimate of drug-likeness (QED) is 0.455. The van der Waals surface area contributed by atoms with Gasteiger partial charge in [0, 0.05) is 11.3 Å². The van der Waals surface area contributed by atoms with E-state index in [0.29, 0.717) is 6.42 Å². The number of thiazole rings is 1. The molecular formula is C11H12N2O2S. The van der Waals surface area contributed by atoms with Gasteiger partial charge in [0.2, 0.25) is 6.54 Å². The van der Waals surface area contributed by atoms with Crippen molar-refractivity contribution in [2.45, 2.75) is 19.3 Å². The van der Waals surface area contributed by atoms with Gasteiger partial charge >= 0.3 is 0 Å². The first-order chi connectivity index (χ1) is 7.75. The summed E-state index contributed by atoms with van der Waals surface area (Å²) >= 11 is 1.68.